The molecule has 3 N–H and O–H groups in total. The van der Waals surface area contributed by atoms with Crippen molar-refractivity contribution in [3.8, 4) is 0 Å². The fraction of sp³-hybridized carbons (Fsp3) is 0.417. The Kier molecular flexibility index (Phi) is 4.52. The van der Waals surface area contributed by atoms with Gasteiger partial charge in [0.1, 0.15) is 11.1 Å². The lowest BCUT2D eigenvalue weighted by Crippen LogP contribution is -2.41. The molecule has 0 aliphatic carbocycles. The summed E-state index contributed by atoms with van der Waals surface area (Å²) >= 11 is 0. The number of hydrogen-bond acceptors (Lipinski definition) is 4. The molecule has 1 unspecified atom stereocenters. The summed E-state index contributed by atoms with van der Waals surface area (Å²) in [4.78, 5) is 11.4. The van der Waals surface area contributed by atoms with E-state index >= 15 is 0 Å². The van der Waals surface area contributed by atoms with Crippen molar-refractivity contribution in [1.82, 2.24) is 5.32 Å². The number of nitrogens with one attached hydrogen (secondary N) is 1. The first-order valence-corrected chi connectivity index (χ1v) is 7.29. The Labute approximate surface area is 111 Å². The summed E-state index contributed by atoms with van der Waals surface area (Å²) in [6.07, 6.45) is 0. The van der Waals surface area contributed by atoms with Gasteiger partial charge in [-0.05, 0) is 39.0 Å². The minimum atomic E-state index is -3.96. The average Bonchev–Trinajstić information content (AvgIpc) is 2.25. The van der Waals surface area contributed by atoms with Crippen molar-refractivity contribution in [3.63, 3.8) is 0 Å². The second-order valence-corrected chi connectivity index (χ2v) is 6.84. The van der Waals surface area contributed by atoms with E-state index in [0.29, 0.717) is 0 Å². The van der Waals surface area contributed by atoms with E-state index < -0.39 is 26.8 Å². The summed E-state index contributed by atoms with van der Waals surface area (Å²) < 4.78 is 37.5. The molecule has 0 spiro atoms. The molecule has 0 aliphatic heterocycles. The predicted molar refractivity (Wildman–Crippen MR) is 70.7 cm³/mol. The Morgan fingerprint density at radius 2 is 1.84 bits per heavy atom. The normalized spacial score (nSPS) is 13.3. The molecule has 1 aromatic carbocycles. The van der Waals surface area contributed by atoms with Gasteiger partial charge >= 0.3 is 0 Å². The third kappa shape index (κ3) is 3.66. The summed E-state index contributed by atoms with van der Waals surface area (Å²) in [5, 5.41) is 1.20. The molecule has 7 heteroatoms. The maximum Gasteiger partial charge on any atom is 0.238 e. The van der Waals surface area contributed by atoms with Crippen molar-refractivity contribution in [1.29, 1.82) is 0 Å². The topological polar surface area (TPSA) is 89.3 Å². The maximum absolute atomic E-state index is 13.2. The van der Waals surface area contributed by atoms with Gasteiger partial charge in [-0.25, -0.2) is 12.8 Å². The number of anilines is 1. The van der Waals surface area contributed by atoms with Crippen LogP contribution in [0.25, 0.3) is 0 Å². The number of rotatable bonds is 4. The maximum atomic E-state index is 13.2. The first kappa shape index (κ1) is 15.4. The number of carbonyl (C=O) groups is 1. The van der Waals surface area contributed by atoms with Crippen LogP contribution in [-0.2, 0) is 14.6 Å². The summed E-state index contributed by atoms with van der Waals surface area (Å²) in [7, 11) is -3.96. The highest BCUT2D eigenvalue weighted by Crippen LogP contribution is 2.20. The SMILES string of the molecule is CC(C)NC(=O)C(C)S(=O)(=O)c1cc(N)cc(F)c1. The van der Waals surface area contributed by atoms with E-state index in [0.717, 1.165) is 18.2 Å². The molecule has 1 atom stereocenters. The largest absolute Gasteiger partial charge is 0.399 e. The molecule has 0 aliphatic rings. The van der Waals surface area contributed by atoms with Crippen molar-refractivity contribution in [3.05, 3.63) is 24.0 Å². The van der Waals surface area contributed by atoms with Gasteiger partial charge < -0.3 is 11.1 Å². The van der Waals surface area contributed by atoms with Gasteiger partial charge in [-0.15, -0.1) is 0 Å². The van der Waals surface area contributed by atoms with Gasteiger partial charge in [-0.3, -0.25) is 4.79 Å². The lowest BCUT2D eigenvalue weighted by Gasteiger charge is -2.15. The first-order valence-electron chi connectivity index (χ1n) is 5.75. The van der Waals surface area contributed by atoms with E-state index in [1.54, 1.807) is 13.8 Å². The van der Waals surface area contributed by atoms with E-state index in [9.17, 15) is 17.6 Å². The fourth-order valence-corrected chi connectivity index (χ4v) is 2.83. The molecule has 1 rings (SSSR count). The van der Waals surface area contributed by atoms with Gasteiger partial charge in [-0.1, -0.05) is 0 Å². The summed E-state index contributed by atoms with van der Waals surface area (Å²) in [5.74, 6) is -1.38. The van der Waals surface area contributed by atoms with E-state index in [1.807, 2.05) is 0 Å². The van der Waals surface area contributed by atoms with Gasteiger partial charge in [0.2, 0.25) is 5.91 Å². The Morgan fingerprint density at radius 1 is 1.26 bits per heavy atom. The number of carbonyl (C=O) groups excluding carboxylic acids is 1. The number of amides is 1. The molecule has 0 heterocycles. The van der Waals surface area contributed by atoms with Gasteiger partial charge in [-0.2, -0.15) is 0 Å². The highest BCUT2D eigenvalue weighted by molar-refractivity contribution is 7.92. The summed E-state index contributed by atoms with van der Waals surface area (Å²) in [5.41, 5.74) is 5.40. The molecule has 5 nitrogen and oxygen atoms in total. The Hall–Kier alpha value is -1.63. The number of benzene rings is 1. The van der Waals surface area contributed by atoms with Crippen molar-refractivity contribution in [2.45, 2.75) is 37.0 Å². The van der Waals surface area contributed by atoms with Crippen LogP contribution in [-0.4, -0.2) is 25.6 Å². The van der Waals surface area contributed by atoms with E-state index in [1.165, 1.54) is 6.92 Å². The number of hydrogen-bond donors (Lipinski definition) is 2. The molecule has 0 saturated carbocycles. The highest BCUT2D eigenvalue weighted by atomic mass is 32.2. The number of sulfone groups is 1. The van der Waals surface area contributed by atoms with Crippen LogP contribution in [0.2, 0.25) is 0 Å². The van der Waals surface area contributed by atoms with Crippen molar-refractivity contribution in [2.24, 2.45) is 0 Å². The van der Waals surface area contributed by atoms with E-state index in [-0.39, 0.29) is 16.6 Å². The molecule has 0 radical (unpaired) electrons. The molecule has 0 aromatic heterocycles. The molecular weight excluding hydrogens is 271 g/mol. The smallest absolute Gasteiger partial charge is 0.238 e. The van der Waals surface area contributed by atoms with Crippen LogP contribution in [0, 0.1) is 5.82 Å². The molecule has 19 heavy (non-hydrogen) atoms. The third-order valence-corrected chi connectivity index (χ3v) is 4.53. The van der Waals surface area contributed by atoms with Crippen LogP contribution in [0.3, 0.4) is 0 Å². The highest BCUT2D eigenvalue weighted by Gasteiger charge is 2.30. The van der Waals surface area contributed by atoms with Crippen LogP contribution in [0.5, 0.6) is 0 Å². The Morgan fingerprint density at radius 3 is 2.32 bits per heavy atom. The quantitative estimate of drug-likeness (QED) is 0.812. The second kappa shape index (κ2) is 5.56. The fourth-order valence-electron chi connectivity index (χ4n) is 1.50. The van der Waals surface area contributed by atoms with Crippen LogP contribution in [0.4, 0.5) is 10.1 Å². The molecule has 0 fully saturated rings. The minimum Gasteiger partial charge on any atom is -0.399 e. The van der Waals surface area contributed by atoms with Gasteiger partial charge in [0.25, 0.3) is 0 Å². The zero-order valence-electron chi connectivity index (χ0n) is 11.0. The lowest BCUT2D eigenvalue weighted by atomic mass is 10.3. The molecule has 1 aromatic rings. The zero-order valence-corrected chi connectivity index (χ0v) is 11.8. The third-order valence-electron chi connectivity index (χ3n) is 2.49. The van der Waals surface area contributed by atoms with Crippen LogP contribution in [0.15, 0.2) is 23.1 Å². The van der Waals surface area contributed by atoms with Crippen molar-refractivity contribution >= 4 is 21.4 Å². The number of nitrogen functional groups attached to an aromatic ring is 1. The lowest BCUT2D eigenvalue weighted by molar-refractivity contribution is -0.120. The first-order chi connectivity index (χ1) is 8.64. The van der Waals surface area contributed by atoms with Crippen molar-refractivity contribution in [2.75, 3.05) is 5.73 Å². The van der Waals surface area contributed by atoms with Gasteiger partial charge in [0.05, 0.1) is 4.90 Å². The van der Waals surface area contributed by atoms with Gasteiger partial charge in [0.15, 0.2) is 9.84 Å². The molecule has 0 saturated heterocycles. The Balaban J connectivity index is 3.13. The summed E-state index contributed by atoms with van der Waals surface area (Å²) in [6.45, 7) is 4.70. The Bertz CT molecular complexity index is 564. The predicted octanol–water partition coefficient (Wildman–Crippen LogP) is 1.09. The molecule has 1 amide bonds. The van der Waals surface area contributed by atoms with Crippen LogP contribution >= 0.6 is 0 Å². The molecule has 106 valence electrons. The number of nitrogens with two attached hydrogens (primary N) is 1. The van der Waals surface area contributed by atoms with Crippen molar-refractivity contribution < 1.29 is 17.6 Å². The van der Waals surface area contributed by atoms with E-state index in [2.05, 4.69) is 5.32 Å². The second-order valence-electron chi connectivity index (χ2n) is 4.57. The number of halogens is 1. The average molecular weight is 288 g/mol. The van der Waals surface area contributed by atoms with Gasteiger partial charge in [0, 0.05) is 11.7 Å². The minimum absolute atomic E-state index is 0.00459. The van der Waals surface area contributed by atoms with Crippen LogP contribution < -0.4 is 11.1 Å². The molecule has 0 bridgehead atoms. The summed E-state index contributed by atoms with van der Waals surface area (Å²) in [6, 6.07) is 2.82. The van der Waals surface area contributed by atoms with Crippen LogP contribution in [0.1, 0.15) is 20.8 Å². The standard InChI is InChI=1S/C12H17FN2O3S/c1-7(2)15-12(16)8(3)19(17,18)11-5-9(13)4-10(14)6-11/h4-8H,14H2,1-3H3,(H,15,16). The monoisotopic (exact) mass is 288 g/mol. The zero-order chi connectivity index (χ0) is 14.8. The molecular formula is C12H17FN2O3S. The van der Waals surface area contributed by atoms with E-state index in [4.69, 9.17) is 5.73 Å².